The van der Waals surface area contributed by atoms with Gasteiger partial charge in [-0.3, -0.25) is 4.79 Å². The van der Waals surface area contributed by atoms with Crippen molar-refractivity contribution in [3.63, 3.8) is 0 Å². The highest BCUT2D eigenvalue weighted by Crippen LogP contribution is 2.17. The van der Waals surface area contributed by atoms with Crippen molar-refractivity contribution in [1.29, 1.82) is 0 Å². The Bertz CT molecular complexity index is 746. The Hall–Kier alpha value is -2.57. The second-order valence-corrected chi connectivity index (χ2v) is 6.30. The minimum absolute atomic E-state index is 0.0441. The summed E-state index contributed by atoms with van der Waals surface area (Å²) in [5.41, 5.74) is 10.6. The van der Waals surface area contributed by atoms with E-state index in [1.54, 1.807) is 7.11 Å². The normalized spacial score (nSPS) is 20.0. The van der Waals surface area contributed by atoms with Gasteiger partial charge >= 0.3 is 0 Å². The van der Waals surface area contributed by atoms with E-state index < -0.39 is 0 Å². The van der Waals surface area contributed by atoms with E-state index in [-0.39, 0.29) is 18.2 Å². The molecule has 0 bridgehead atoms. The molecule has 6 heteroatoms. The highest BCUT2D eigenvalue weighted by Gasteiger charge is 2.27. The van der Waals surface area contributed by atoms with E-state index in [0.29, 0.717) is 6.42 Å². The third-order valence-electron chi connectivity index (χ3n) is 4.30. The van der Waals surface area contributed by atoms with Gasteiger partial charge < -0.3 is 15.4 Å². The summed E-state index contributed by atoms with van der Waals surface area (Å²) >= 11 is 0. The summed E-state index contributed by atoms with van der Waals surface area (Å²) in [6.45, 7) is 4.08. The fraction of sp³-hybridized carbons (Fsp3) is 0.316. The average molecular weight is 340 g/mol. The minimum atomic E-state index is -0.361. The molecule has 2 atom stereocenters. The largest absolute Gasteiger partial charge is 0.497 e. The van der Waals surface area contributed by atoms with E-state index in [4.69, 9.17) is 4.74 Å². The fourth-order valence-electron chi connectivity index (χ4n) is 2.79. The zero-order valence-corrected chi connectivity index (χ0v) is 14.7. The predicted octanol–water partition coefficient (Wildman–Crippen LogP) is 1.84. The summed E-state index contributed by atoms with van der Waals surface area (Å²) in [5.74, 6) is 0.762. The van der Waals surface area contributed by atoms with Crippen LogP contribution in [-0.2, 0) is 11.2 Å². The maximum absolute atomic E-state index is 12.4. The fourth-order valence-corrected chi connectivity index (χ4v) is 2.79. The molecule has 1 fully saturated rings. The van der Waals surface area contributed by atoms with Crippen molar-refractivity contribution in [3.05, 3.63) is 59.2 Å². The molecule has 2 unspecified atom stereocenters. The number of carbonyl (C=O) groups is 1. The van der Waals surface area contributed by atoms with Crippen LogP contribution < -0.4 is 26.2 Å². The molecule has 0 saturated carbocycles. The lowest BCUT2D eigenvalue weighted by atomic mass is 10.1. The van der Waals surface area contributed by atoms with Gasteiger partial charge in [-0.15, -0.1) is 0 Å². The lowest BCUT2D eigenvalue weighted by Gasteiger charge is -2.32. The van der Waals surface area contributed by atoms with E-state index in [9.17, 15) is 4.79 Å². The van der Waals surface area contributed by atoms with E-state index >= 15 is 0 Å². The Balaban J connectivity index is 1.58. The summed E-state index contributed by atoms with van der Waals surface area (Å²) in [6.07, 6.45) is 0.235. The second-order valence-electron chi connectivity index (χ2n) is 6.30. The average Bonchev–Trinajstić information content (AvgIpc) is 2.61. The van der Waals surface area contributed by atoms with Gasteiger partial charge in [0.15, 0.2) is 6.29 Å². The number of benzene rings is 2. The first-order chi connectivity index (χ1) is 12.0. The highest BCUT2D eigenvalue weighted by molar-refractivity contribution is 5.83. The summed E-state index contributed by atoms with van der Waals surface area (Å²) in [6, 6.07) is 13.6. The van der Waals surface area contributed by atoms with Gasteiger partial charge in [0.1, 0.15) is 11.8 Å². The lowest BCUT2D eigenvalue weighted by molar-refractivity contribution is -0.126. The quantitative estimate of drug-likeness (QED) is 0.668. The number of anilines is 1. The number of methoxy groups -OCH3 is 1. The molecule has 3 rings (SSSR count). The van der Waals surface area contributed by atoms with E-state index in [1.165, 1.54) is 5.56 Å². The first kappa shape index (κ1) is 17.3. The molecule has 132 valence electrons. The van der Waals surface area contributed by atoms with Crippen molar-refractivity contribution in [2.24, 2.45) is 0 Å². The third kappa shape index (κ3) is 4.29. The molecule has 0 radical (unpaired) electrons. The number of carbonyl (C=O) groups excluding carboxylic acids is 1. The SMILES string of the molecule is COc1ccc(CC2NNC(Nc3cc(C)ccc3C)NC2=O)cc1. The molecule has 2 aromatic carbocycles. The van der Waals surface area contributed by atoms with Crippen molar-refractivity contribution in [1.82, 2.24) is 16.2 Å². The molecular weight excluding hydrogens is 316 g/mol. The topological polar surface area (TPSA) is 74.4 Å². The van der Waals surface area contributed by atoms with Crippen LogP contribution >= 0.6 is 0 Å². The van der Waals surface area contributed by atoms with Crippen molar-refractivity contribution in [2.45, 2.75) is 32.6 Å². The van der Waals surface area contributed by atoms with Gasteiger partial charge in [0.25, 0.3) is 0 Å². The number of nitrogens with one attached hydrogen (secondary N) is 4. The molecule has 6 nitrogen and oxygen atoms in total. The van der Waals surface area contributed by atoms with Crippen LogP contribution in [0.2, 0.25) is 0 Å². The molecule has 1 aliphatic rings. The molecule has 4 N–H and O–H groups in total. The molecule has 1 amide bonds. The van der Waals surface area contributed by atoms with Crippen LogP contribution in [0.3, 0.4) is 0 Å². The maximum Gasteiger partial charge on any atom is 0.241 e. The van der Waals surface area contributed by atoms with E-state index in [0.717, 1.165) is 22.6 Å². The molecule has 0 aromatic heterocycles. The standard InChI is InChI=1S/C19H24N4O2/c1-12-4-5-13(2)16(10-12)20-19-21-18(24)17(22-23-19)11-14-6-8-15(25-3)9-7-14/h4-10,17,19-20,22-23H,11H2,1-3H3,(H,21,24). The predicted molar refractivity (Wildman–Crippen MR) is 98.2 cm³/mol. The first-order valence-electron chi connectivity index (χ1n) is 8.33. The van der Waals surface area contributed by atoms with Crippen molar-refractivity contribution < 1.29 is 9.53 Å². The van der Waals surface area contributed by atoms with Gasteiger partial charge in [-0.25, -0.2) is 10.9 Å². The van der Waals surface area contributed by atoms with Crippen LogP contribution in [0.5, 0.6) is 5.75 Å². The van der Waals surface area contributed by atoms with Gasteiger partial charge in [-0.1, -0.05) is 24.3 Å². The van der Waals surface area contributed by atoms with Gasteiger partial charge in [-0.2, -0.15) is 0 Å². The smallest absolute Gasteiger partial charge is 0.241 e. The van der Waals surface area contributed by atoms with Gasteiger partial charge in [0, 0.05) is 5.69 Å². The summed E-state index contributed by atoms with van der Waals surface area (Å²) in [4.78, 5) is 12.4. The molecule has 2 aromatic rings. The maximum atomic E-state index is 12.4. The number of aryl methyl sites for hydroxylation is 2. The van der Waals surface area contributed by atoms with Crippen LogP contribution in [0.15, 0.2) is 42.5 Å². The Morgan fingerprint density at radius 3 is 2.52 bits per heavy atom. The monoisotopic (exact) mass is 340 g/mol. The summed E-state index contributed by atoms with van der Waals surface area (Å²) in [5, 5.41) is 6.25. The molecule has 1 saturated heterocycles. The molecule has 0 aliphatic carbocycles. The third-order valence-corrected chi connectivity index (χ3v) is 4.30. The lowest BCUT2D eigenvalue weighted by Crippen LogP contribution is -2.68. The number of rotatable bonds is 5. The molecule has 1 heterocycles. The van der Waals surface area contributed by atoms with Gasteiger partial charge in [-0.05, 0) is 55.2 Å². The highest BCUT2D eigenvalue weighted by atomic mass is 16.5. The Kier molecular flexibility index (Phi) is 5.21. The summed E-state index contributed by atoms with van der Waals surface area (Å²) < 4.78 is 5.15. The summed E-state index contributed by atoms with van der Waals surface area (Å²) in [7, 11) is 1.64. The molecule has 25 heavy (non-hydrogen) atoms. The zero-order chi connectivity index (χ0) is 17.8. The number of hydrazine groups is 1. The van der Waals surface area contributed by atoms with Gasteiger partial charge in [0.05, 0.1) is 7.11 Å². The van der Waals surface area contributed by atoms with E-state index in [1.807, 2.05) is 38.1 Å². The van der Waals surface area contributed by atoms with Crippen molar-refractivity contribution >= 4 is 11.6 Å². The Labute approximate surface area is 147 Å². The van der Waals surface area contributed by atoms with Crippen molar-refractivity contribution in [2.75, 3.05) is 12.4 Å². The molecule has 1 aliphatic heterocycles. The molecular formula is C19H24N4O2. The van der Waals surface area contributed by atoms with Crippen LogP contribution in [-0.4, -0.2) is 25.3 Å². The van der Waals surface area contributed by atoms with Crippen molar-refractivity contribution in [3.8, 4) is 5.75 Å². The number of ether oxygens (including phenoxy) is 1. The Morgan fingerprint density at radius 1 is 1.08 bits per heavy atom. The van der Waals surface area contributed by atoms with Crippen LogP contribution in [0, 0.1) is 13.8 Å². The van der Waals surface area contributed by atoms with Gasteiger partial charge in [0.2, 0.25) is 5.91 Å². The zero-order valence-electron chi connectivity index (χ0n) is 14.7. The van der Waals surface area contributed by atoms with Crippen LogP contribution in [0.4, 0.5) is 5.69 Å². The van der Waals surface area contributed by atoms with Crippen LogP contribution in [0.1, 0.15) is 16.7 Å². The second kappa shape index (κ2) is 7.55. The van der Waals surface area contributed by atoms with Crippen LogP contribution in [0.25, 0.3) is 0 Å². The number of hydrogen-bond donors (Lipinski definition) is 4. The minimum Gasteiger partial charge on any atom is -0.497 e. The molecule has 0 spiro atoms. The first-order valence-corrected chi connectivity index (χ1v) is 8.33. The Morgan fingerprint density at radius 2 is 1.84 bits per heavy atom. The van der Waals surface area contributed by atoms with E-state index in [2.05, 4.69) is 39.7 Å². The number of hydrogen-bond acceptors (Lipinski definition) is 5. The number of amides is 1.